The van der Waals surface area contributed by atoms with E-state index in [9.17, 15) is 0 Å². The molecule has 0 saturated carbocycles. The van der Waals surface area contributed by atoms with Crippen LogP contribution in [-0.2, 0) is 0 Å². The van der Waals surface area contributed by atoms with Gasteiger partial charge in [0.05, 0.1) is 0 Å². The highest BCUT2D eigenvalue weighted by atomic mass is 14.1. The number of benzene rings is 5. The van der Waals surface area contributed by atoms with Gasteiger partial charge in [-0.2, -0.15) is 0 Å². The summed E-state index contributed by atoms with van der Waals surface area (Å²) in [5.41, 5.74) is 9.93. The van der Waals surface area contributed by atoms with Crippen molar-refractivity contribution in [1.29, 1.82) is 0 Å². The summed E-state index contributed by atoms with van der Waals surface area (Å²) in [5.74, 6) is 0. The second-order valence-electron chi connectivity index (χ2n) is 7.44. The van der Waals surface area contributed by atoms with Crippen LogP contribution in [0.3, 0.4) is 0 Å². The SMILES string of the molecule is c1ccc(-c2cccc(-c3cccc(-c4ccccc4-c4ccccc4)c3)c2)cc1. The van der Waals surface area contributed by atoms with E-state index in [1.165, 1.54) is 44.5 Å². The van der Waals surface area contributed by atoms with Crippen LogP contribution in [0.25, 0.3) is 44.5 Å². The van der Waals surface area contributed by atoms with Gasteiger partial charge in [0.2, 0.25) is 0 Å². The second-order valence-corrected chi connectivity index (χ2v) is 7.44. The minimum Gasteiger partial charge on any atom is -0.0622 e. The molecule has 0 amide bonds. The van der Waals surface area contributed by atoms with Gasteiger partial charge in [-0.25, -0.2) is 0 Å². The van der Waals surface area contributed by atoms with Gasteiger partial charge < -0.3 is 0 Å². The van der Waals surface area contributed by atoms with Crippen molar-refractivity contribution in [2.75, 3.05) is 0 Å². The third-order valence-electron chi connectivity index (χ3n) is 5.49. The molecule has 0 aliphatic heterocycles. The first-order chi connectivity index (χ1) is 14.9. The van der Waals surface area contributed by atoms with Crippen LogP contribution < -0.4 is 0 Å². The van der Waals surface area contributed by atoms with Gasteiger partial charge in [-0.3, -0.25) is 0 Å². The van der Waals surface area contributed by atoms with Gasteiger partial charge in [0.25, 0.3) is 0 Å². The van der Waals surface area contributed by atoms with Crippen LogP contribution in [0.5, 0.6) is 0 Å². The standard InChI is InChI=1S/C30H22/c1-3-11-23(12-4-1)25-15-9-16-26(21-25)27-17-10-18-28(22-27)30-20-8-7-19-29(30)24-13-5-2-6-14-24/h1-22H. The van der Waals surface area contributed by atoms with Crippen LogP contribution in [0.15, 0.2) is 133 Å². The fraction of sp³-hybridized carbons (Fsp3) is 0. The van der Waals surface area contributed by atoms with E-state index in [1.807, 2.05) is 0 Å². The third kappa shape index (κ3) is 3.68. The zero-order chi connectivity index (χ0) is 20.2. The Morgan fingerprint density at radius 1 is 0.233 bits per heavy atom. The third-order valence-corrected chi connectivity index (χ3v) is 5.49. The predicted molar refractivity (Wildman–Crippen MR) is 128 cm³/mol. The molecular weight excluding hydrogens is 360 g/mol. The highest BCUT2D eigenvalue weighted by Crippen LogP contribution is 2.34. The molecule has 0 heterocycles. The quantitative estimate of drug-likeness (QED) is 0.293. The average Bonchev–Trinajstić information content (AvgIpc) is 2.85. The van der Waals surface area contributed by atoms with Crippen LogP contribution in [0, 0.1) is 0 Å². The van der Waals surface area contributed by atoms with Crippen molar-refractivity contribution in [1.82, 2.24) is 0 Å². The highest BCUT2D eigenvalue weighted by Gasteiger charge is 2.08. The summed E-state index contributed by atoms with van der Waals surface area (Å²) >= 11 is 0. The molecule has 0 radical (unpaired) electrons. The van der Waals surface area contributed by atoms with Crippen LogP contribution in [-0.4, -0.2) is 0 Å². The van der Waals surface area contributed by atoms with Crippen molar-refractivity contribution in [3.63, 3.8) is 0 Å². The first kappa shape index (κ1) is 18.1. The minimum atomic E-state index is 1.23. The largest absolute Gasteiger partial charge is 0.0622 e. The van der Waals surface area contributed by atoms with Gasteiger partial charge in [0, 0.05) is 0 Å². The Labute approximate surface area is 178 Å². The molecule has 0 N–H and O–H groups in total. The van der Waals surface area contributed by atoms with E-state index in [0.717, 1.165) is 0 Å². The first-order valence-corrected chi connectivity index (χ1v) is 10.3. The van der Waals surface area contributed by atoms with E-state index in [2.05, 4.69) is 133 Å². The van der Waals surface area contributed by atoms with E-state index >= 15 is 0 Å². The fourth-order valence-corrected chi connectivity index (χ4v) is 3.98. The summed E-state index contributed by atoms with van der Waals surface area (Å²) in [6, 6.07) is 47.4. The van der Waals surface area contributed by atoms with E-state index in [0.29, 0.717) is 0 Å². The summed E-state index contributed by atoms with van der Waals surface area (Å²) in [4.78, 5) is 0. The molecule has 5 aromatic carbocycles. The molecule has 0 saturated heterocycles. The van der Waals surface area contributed by atoms with Crippen LogP contribution in [0.1, 0.15) is 0 Å². The molecule has 5 aromatic rings. The molecule has 0 spiro atoms. The summed E-state index contributed by atoms with van der Waals surface area (Å²) < 4.78 is 0. The molecule has 0 atom stereocenters. The molecule has 0 fully saturated rings. The van der Waals surface area contributed by atoms with E-state index < -0.39 is 0 Å². The summed E-state index contributed by atoms with van der Waals surface area (Å²) in [7, 11) is 0. The van der Waals surface area contributed by atoms with Gasteiger partial charge in [-0.1, -0.05) is 121 Å². The molecule has 5 rings (SSSR count). The Balaban J connectivity index is 1.57. The predicted octanol–water partition coefficient (Wildman–Crippen LogP) is 8.35. The van der Waals surface area contributed by atoms with Crippen molar-refractivity contribution in [2.45, 2.75) is 0 Å². The maximum Gasteiger partial charge on any atom is -0.0105 e. The first-order valence-electron chi connectivity index (χ1n) is 10.3. The smallest absolute Gasteiger partial charge is 0.0105 e. The second kappa shape index (κ2) is 8.23. The topological polar surface area (TPSA) is 0 Å². The molecule has 0 aromatic heterocycles. The van der Waals surface area contributed by atoms with Crippen molar-refractivity contribution in [3.05, 3.63) is 133 Å². The Hall–Kier alpha value is -3.90. The molecule has 0 heteroatoms. The van der Waals surface area contributed by atoms with Gasteiger partial charge >= 0.3 is 0 Å². The lowest BCUT2D eigenvalue weighted by Crippen LogP contribution is -1.86. The van der Waals surface area contributed by atoms with Crippen LogP contribution >= 0.6 is 0 Å². The molecule has 0 bridgehead atoms. The highest BCUT2D eigenvalue weighted by molar-refractivity contribution is 5.85. The molecule has 0 nitrogen and oxygen atoms in total. The maximum absolute atomic E-state index is 2.30. The van der Waals surface area contributed by atoms with E-state index in [4.69, 9.17) is 0 Å². The Bertz CT molecular complexity index is 1270. The number of hydrogen-bond donors (Lipinski definition) is 0. The zero-order valence-corrected chi connectivity index (χ0v) is 16.7. The molecule has 0 aliphatic carbocycles. The molecule has 0 unspecified atom stereocenters. The van der Waals surface area contributed by atoms with E-state index in [1.54, 1.807) is 0 Å². The number of rotatable bonds is 4. The van der Waals surface area contributed by atoms with Gasteiger partial charge in [-0.15, -0.1) is 0 Å². The monoisotopic (exact) mass is 382 g/mol. The fourth-order valence-electron chi connectivity index (χ4n) is 3.98. The van der Waals surface area contributed by atoms with Crippen molar-refractivity contribution < 1.29 is 0 Å². The summed E-state index contributed by atoms with van der Waals surface area (Å²) in [6.45, 7) is 0. The minimum absolute atomic E-state index is 1.23. The molecule has 30 heavy (non-hydrogen) atoms. The van der Waals surface area contributed by atoms with Gasteiger partial charge in [0.1, 0.15) is 0 Å². The van der Waals surface area contributed by atoms with Crippen molar-refractivity contribution in [2.24, 2.45) is 0 Å². The van der Waals surface area contributed by atoms with Gasteiger partial charge in [0.15, 0.2) is 0 Å². The molecule has 142 valence electrons. The molecule has 0 aliphatic rings. The normalized spacial score (nSPS) is 10.7. The van der Waals surface area contributed by atoms with E-state index in [-0.39, 0.29) is 0 Å². The summed E-state index contributed by atoms with van der Waals surface area (Å²) in [6.07, 6.45) is 0. The Morgan fingerprint density at radius 2 is 0.600 bits per heavy atom. The maximum atomic E-state index is 2.30. The zero-order valence-electron chi connectivity index (χ0n) is 16.7. The van der Waals surface area contributed by atoms with Crippen molar-refractivity contribution in [3.8, 4) is 44.5 Å². The van der Waals surface area contributed by atoms with Gasteiger partial charge in [-0.05, 0) is 56.6 Å². The average molecular weight is 383 g/mol. The number of hydrogen-bond acceptors (Lipinski definition) is 0. The van der Waals surface area contributed by atoms with Crippen molar-refractivity contribution >= 4 is 0 Å². The molecular formula is C30H22. The Kier molecular flexibility index (Phi) is 4.98. The lowest BCUT2D eigenvalue weighted by atomic mass is 9.92. The van der Waals surface area contributed by atoms with Crippen LogP contribution in [0.4, 0.5) is 0 Å². The lowest BCUT2D eigenvalue weighted by molar-refractivity contribution is 1.56. The summed E-state index contributed by atoms with van der Waals surface area (Å²) in [5, 5.41) is 0. The lowest BCUT2D eigenvalue weighted by Gasteiger charge is -2.12. The van der Waals surface area contributed by atoms with Crippen LogP contribution in [0.2, 0.25) is 0 Å². The Morgan fingerprint density at radius 3 is 1.20 bits per heavy atom.